The summed E-state index contributed by atoms with van der Waals surface area (Å²) < 4.78 is 0. The summed E-state index contributed by atoms with van der Waals surface area (Å²) in [7, 11) is 10.9. The first-order valence-electron chi connectivity index (χ1n) is 10.1. The number of benzene rings is 2. The molecule has 0 bridgehead atoms. The topological polar surface area (TPSA) is 0 Å². The SMILES string of the molecule is C[Si]CCC[Si](Cl)(Cl)Cl.Cc1cc2ccccc2[cH-]1.Cc1cc2ccccc2[cH-]1.[Cl][Zr+2][Cl]. The quantitative estimate of drug-likeness (QED) is 0.0902. The molecule has 0 aliphatic heterocycles. The van der Waals surface area contributed by atoms with Gasteiger partial charge in [-0.2, -0.15) is 12.1 Å². The van der Waals surface area contributed by atoms with Crippen LogP contribution >= 0.6 is 50.3 Å². The number of halogens is 5. The molecule has 0 spiro atoms. The number of fused-ring (bicyclic) bond motifs is 2. The van der Waals surface area contributed by atoms with E-state index in [1.54, 1.807) is 0 Å². The molecule has 0 aliphatic carbocycles. The van der Waals surface area contributed by atoms with Crippen molar-refractivity contribution in [1.29, 1.82) is 0 Å². The molecule has 4 rings (SSSR count). The van der Waals surface area contributed by atoms with Crippen LogP contribution in [0.4, 0.5) is 0 Å². The molecule has 0 N–H and O–H groups in total. The van der Waals surface area contributed by atoms with E-state index < -0.39 is 26.9 Å². The van der Waals surface area contributed by atoms with Crippen molar-refractivity contribution in [2.24, 2.45) is 0 Å². The van der Waals surface area contributed by atoms with Crippen LogP contribution in [-0.4, -0.2) is 15.5 Å². The fraction of sp³-hybridized carbons (Fsp3) is 0.250. The summed E-state index contributed by atoms with van der Waals surface area (Å²) in [5.74, 6) is 0. The van der Waals surface area contributed by atoms with E-state index in [0.29, 0.717) is 0 Å². The maximum atomic E-state index is 5.64. The molecule has 0 saturated carbocycles. The van der Waals surface area contributed by atoms with Crippen LogP contribution in [0.15, 0.2) is 72.8 Å². The van der Waals surface area contributed by atoms with Gasteiger partial charge in [-0.05, 0) is 6.04 Å². The molecule has 8 heteroatoms. The van der Waals surface area contributed by atoms with E-state index in [1.807, 2.05) is 0 Å². The van der Waals surface area contributed by atoms with E-state index in [0.717, 1.165) is 22.0 Å². The Labute approximate surface area is 228 Å². The van der Waals surface area contributed by atoms with Crippen molar-refractivity contribution >= 4 is 87.3 Å². The molecule has 0 atom stereocenters. The van der Waals surface area contributed by atoms with E-state index in [-0.39, 0.29) is 0 Å². The number of rotatable bonds is 4. The molecule has 0 aromatic heterocycles. The van der Waals surface area contributed by atoms with Gasteiger partial charge >= 0.3 is 43.9 Å². The van der Waals surface area contributed by atoms with Gasteiger partial charge < -0.3 is 0 Å². The Balaban J connectivity index is 0.000000227. The standard InChI is InChI=1S/2C10H9.C4H9Cl3Si2.2ClH.Zr/c2*1-8-6-9-4-2-3-5-10(9)7-8;1-8-3-2-4-9(5,6)7;;;/h2*2-7H,1H3;2-4H2,1H3;2*1H;/q2*-1;;;;+4/p-2. The van der Waals surface area contributed by atoms with E-state index in [2.05, 4.69) is 93.2 Å². The molecule has 0 nitrogen and oxygen atoms in total. The van der Waals surface area contributed by atoms with Crippen LogP contribution in [0, 0.1) is 13.8 Å². The fourth-order valence-electron chi connectivity index (χ4n) is 3.08. The first-order valence-corrected chi connectivity index (χ1v) is 23.4. The van der Waals surface area contributed by atoms with E-state index in [4.69, 9.17) is 50.3 Å². The number of hydrogen-bond acceptors (Lipinski definition) is 0. The number of aryl methyl sites for hydroxylation is 2. The van der Waals surface area contributed by atoms with Crippen LogP contribution in [0.2, 0.25) is 18.6 Å². The second-order valence-corrected chi connectivity index (χ2v) is 21.4. The zero-order valence-electron chi connectivity index (χ0n) is 18.4. The van der Waals surface area contributed by atoms with Gasteiger partial charge in [-0.15, -0.1) is 114 Å². The molecular formula is C24H27Cl5Si2Zr. The summed E-state index contributed by atoms with van der Waals surface area (Å²) in [4.78, 5) is 0. The van der Waals surface area contributed by atoms with Crippen LogP contribution < -0.4 is 0 Å². The average Bonchev–Trinajstić information content (AvgIpc) is 3.29. The molecule has 0 amide bonds. The summed E-state index contributed by atoms with van der Waals surface area (Å²) in [6, 6.07) is 25.4. The molecule has 2 radical (unpaired) electrons. The summed E-state index contributed by atoms with van der Waals surface area (Å²) >= 11 is 16.1. The van der Waals surface area contributed by atoms with Crippen molar-refractivity contribution < 1.29 is 20.8 Å². The van der Waals surface area contributed by atoms with Gasteiger partial charge in [-0.25, -0.2) is 0 Å². The minimum absolute atomic E-state index is 0.818. The fourth-order valence-corrected chi connectivity index (χ4v) is 5.74. The molecule has 0 aliphatic rings. The molecule has 0 fully saturated rings. The zero-order valence-corrected chi connectivity index (χ0v) is 26.7. The summed E-state index contributed by atoms with van der Waals surface area (Å²) in [5.41, 5.74) is 2.70. The molecule has 0 heterocycles. The van der Waals surface area contributed by atoms with Crippen LogP contribution in [0.5, 0.6) is 0 Å². The van der Waals surface area contributed by atoms with Crippen LogP contribution in [-0.2, 0) is 20.8 Å². The van der Waals surface area contributed by atoms with Crippen molar-refractivity contribution in [3.05, 3.63) is 83.9 Å². The first kappa shape index (κ1) is 30.5. The van der Waals surface area contributed by atoms with Gasteiger partial charge in [-0.1, -0.05) is 45.0 Å². The Hall–Kier alpha value is 0.427. The van der Waals surface area contributed by atoms with Gasteiger partial charge in [0.2, 0.25) is 0 Å². The minimum atomic E-state index is -2.27. The molecule has 0 unspecified atom stereocenters. The molecule has 4 aromatic carbocycles. The molecular weight excluding hydrogens is 613 g/mol. The third kappa shape index (κ3) is 13.3. The van der Waals surface area contributed by atoms with E-state index in [1.165, 1.54) is 38.7 Å². The Morgan fingerprint density at radius 1 is 0.812 bits per heavy atom. The molecule has 4 aromatic rings. The van der Waals surface area contributed by atoms with Gasteiger partial charge in [0.25, 0.3) is 0 Å². The zero-order chi connectivity index (χ0) is 24.0. The second kappa shape index (κ2) is 17.0. The van der Waals surface area contributed by atoms with Crippen LogP contribution in [0.1, 0.15) is 17.5 Å². The van der Waals surface area contributed by atoms with Crippen molar-refractivity contribution in [2.45, 2.75) is 38.9 Å². The average molecular weight is 640 g/mol. The third-order valence-electron chi connectivity index (χ3n) is 4.41. The van der Waals surface area contributed by atoms with Gasteiger partial charge in [-0.3, -0.25) is 0 Å². The van der Waals surface area contributed by atoms with Crippen molar-refractivity contribution in [3.63, 3.8) is 0 Å². The molecule has 170 valence electrons. The predicted octanol–water partition coefficient (Wildman–Crippen LogP) is 10.3. The van der Waals surface area contributed by atoms with Crippen molar-refractivity contribution in [3.8, 4) is 0 Å². The Kier molecular flexibility index (Phi) is 16.1. The summed E-state index contributed by atoms with van der Waals surface area (Å²) in [5, 5.41) is 5.39. The van der Waals surface area contributed by atoms with Crippen LogP contribution in [0.25, 0.3) is 21.5 Å². The normalized spacial score (nSPS) is 10.2. The van der Waals surface area contributed by atoms with Crippen molar-refractivity contribution in [1.82, 2.24) is 0 Å². The summed E-state index contributed by atoms with van der Waals surface area (Å²) in [6.45, 7) is 6.42. The third-order valence-corrected chi connectivity index (χ3v) is 7.89. The monoisotopic (exact) mass is 636 g/mol. The number of hydrogen-bond donors (Lipinski definition) is 0. The van der Waals surface area contributed by atoms with Gasteiger partial charge in [0, 0.05) is 9.52 Å². The Bertz CT molecular complexity index is 886. The van der Waals surface area contributed by atoms with Gasteiger partial charge in [0.05, 0.1) is 0 Å². The summed E-state index contributed by atoms with van der Waals surface area (Å²) in [6.07, 6.45) is 1.08. The van der Waals surface area contributed by atoms with E-state index in [9.17, 15) is 0 Å². The Morgan fingerprint density at radius 3 is 1.56 bits per heavy atom. The second-order valence-electron chi connectivity index (χ2n) is 7.22. The maximum absolute atomic E-state index is 5.64. The molecule has 0 saturated heterocycles. The predicted molar refractivity (Wildman–Crippen MR) is 149 cm³/mol. The van der Waals surface area contributed by atoms with Crippen LogP contribution in [0.3, 0.4) is 0 Å². The van der Waals surface area contributed by atoms with Gasteiger partial charge in [0.15, 0.2) is 0 Å². The Morgan fingerprint density at radius 2 is 1.22 bits per heavy atom. The first-order chi connectivity index (χ1) is 15.2. The molecule has 32 heavy (non-hydrogen) atoms. The van der Waals surface area contributed by atoms with Crippen molar-refractivity contribution in [2.75, 3.05) is 0 Å². The van der Waals surface area contributed by atoms with Gasteiger partial charge in [0.1, 0.15) is 0 Å². The van der Waals surface area contributed by atoms with E-state index >= 15 is 0 Å².